The van der Waals surface area contributed by atoms with Crippen LogP contribution in [0.25, 0.3) is 11.0 Å². The van der Waals surface area contributed by atoms with Crippen LogP contribution >= 0.6 is 0 Å². The first-order chi connectivity index (χ1) is 11.0. The molecule has 0 saturated heterocycles. The van der Waals surface area contributed by atoms with Crippen LogP contribution in [0.1, 0.15) is 26.5 Å². The van der Waals surface area contributed by atoms with Gasteiger partial charge in [0.05, 0.1) is 22.3 Å². The molecule has 3 aromatic rings. The maximum absolute atomic E-state index is 12.4. The largest absolute Gasteiger partial charge is 0.366 e. The number of aryl methyl sites for hydroxylation is 2. The van der Waals surface area contributed by atoms with Crippen molar-refractivity contribution < 1.29 is 9.59 Å². The van der Waals surface area contributed by atoms with Gasteiger partial charge in [-0.25, -0.2) is 4.98 Å². The highest BCUT2D eigenvalue weighted by Gasteiger charge is 2.13. The Morgan fingerprint density at radius 3 is 2.65 bits per heavy atom. The van der Waals surface area contributed by atoms with Gasteiger partial charge in [-0.05, 0) is 37.3 Å². The van der Waals surface area contributed by atoms with Crippen molar-refractivity contribution in [3.8, 4) is 0 Å². The second kappa shape index (κ2) is 5.57. The summed E-state index contributed by atoms with van der Waals surface area (Å²) in [5.41, 5.74) is 8.16. The van der Waals surface area contributed by atoms with Gasteiger partial charge in [-0.1, -0.05) is 12.1 Å². The smallest absolute Gasteiger partial charge is 0.255 e. The van der Waals surface area contributed by atoms with Crippen molar-refractivity contribution in [1.29, 1.82) is 0 Å². The maximum Gasteiger partial charge on any atom is 0.255 e. The highest BCUT2D eigenvalue weighted by molar-refractivity contribution is 6.09. The highest BCUT2D eigenvalue weighted by atomic mass is 16.2. The number of imidazole rings is 1. The molecule has 23 heavy (non-hydrogen) atoms. The van der Waals surface area contributed by atoms with E-state index in [-0.39, 0.29) is 11.5 Å². The third-order valence-corrected chi connectivity index (χ3v) is 3.81. The van der Waals surface area contributed by atoms with Gasteiger partial charge >= 0.3 is 0 Å². The molecule has 0 fully saturated rings. The number of primary amides is 1. The predicted octanol–water partition coefficient (Wildman–Crippen LogP) is 2.23. The van der Waals surface area contributed by atoms with E-state index in [0.717, 1.165) is 16.9 Å². The van der Waals surface area contributed by atoms with Crippen LogP contribution < -0.4 is 11.1 Å². The SMILES string of the molecule is Cc1nc2cc(C(=O)Nc3ccccc3C(N)=O)ccc2n1C. The van der Waals surface area contributed by atoms with Crippen LogP contribution in [0.15, 0.2) is 42.5 Å². The Bertz CT molecular complexity index is 927. The van der Waals surface area contributed by atoms with Gasteiger partial charge in [0.15, 0.2) is 0 Å². The fraction of sp³-hybridized carbons (Fsp3) is 0.118. The summed E-state index contributed by atoms with van der Waals surface area (Å²) in [5, 5.41) is 2.72. The number of nitrogens with zero attached hydrogens (tertiary/aromatic N) is 2. The van der Waals surface area contributed by atoms with Crippen molar-refractivity contribution in [2.24, 2.45) is 12.8 Å². The second-order valence-corrected chi connectivity index (χ2v) is 5.29. The molecule has 0 unspecified atom stereocenters. The number of hydrogen-bond acceptors (Lipinski definition) is 3. The number of hydrogen-bond donors (Lipinski definition) is 2. The van der Waals surface area contributed by atoms with Crippen molar-refractivity contribution in [1.82, 2.24) is 9.55 Å². The Kier molecular flexibility index (Phi) is 3.57. The lowest BCUT2D eigenvalue weighted by Gasteiger charge is -2.08. The molecule has 0 aliphatic heterocycles. The van der Waals surface area contributed by atoms with Gasteiger partial charge in [0.25, 0.3) is 11.8 Å². The number of nitrogens with one attached hydrogen (secondary N) is 1. The summed E-state index contributed by atoms with van der Waals surface area (Å²) in [6, 6.07) is 11.9. The molecule has 0 radical (unpaired) electrons. The first kappa shape index (κ1) is 14.8. The quantitative estimate of drug-likeness (QED) is 0.777. The number of para-hydroxylation sites is 1. The molecule has 0 aliphatic carbocycles. The van der Waals surface area contributed by atoms with Crippen molar-refractivity contribution in [2.75, 3.05) is 5.32 Å². The molecular formula is C17H16N4O2. The maximum atomic E-state index is 12.4. The third-order valence-electron chi connectivity index (χ3n) is 3.81. The van der Waals surface area contributed by atoms with E-state index in [1.807, 2.05) is 24.6 Å². The zero-order chi connectivity index (χ0) is 16.6. The molecule has 116 valence electrons. The number of nitrogens with two attached hydrogens (primary N) is 1. The monoisotopic (exact) mass is 308 g/mol. The molecule has 2 aromatic carbocycles. The standard InChI is InChI=1S/C17H16N4O2/c1-10-19-14-9-11(7-8-15(14)21(10)2)17(23)20-13-6-4-3-5-12(13)16(18)22/h3-9H,1-2H3,(H2,18,22)(H,20,23). The molecule has 3 N–H and O–H groups in total. The summed E-state index contributed by atoms with van der Waals surface area (Å²) in [7, 11) is 1.92. The number of benzene rings is 2. The fourth-order valence-electron chi connectivity index (χ4n) is 2.46. The van der Waals surface area contributed by atoms with Gasteiger partial charge in [-0.15, -0.1) is 0 Å². The van der Waals surface area contributed by atoms with E-state index >= 15 is 0 Å². The summed E-state index contributed by atoms with van der Waals surface area (Å²) in [6.45, 7) is 1.91. The van der Waals surface area contributed by atoms with Crippen molar-refractivity contribution in [3.05, 3.63) is 59.4 Å². The number of anilines is 1. The molecule has 1 aromatic heterocycles. The van der Waals surface area contributed by atoms with E-state index in [9.17, 15) is 9.59 Å². The molecule has 0 spiro atoms. The highest BCUT2D eigenvalue weighted by Crippen LogP contribution is 2.19. The minimum Gasteiger partial charge on any atom is -0.366 e. The van der Waals surface area contributed by atoms with Gasteiger partial charge < -0.3 is 15.6 Å². The third kappa shape index (κ3) is 2.66. The van der Waals surface area contributed by atoms with Crippen LogP contribution in [0.5, 0.6) is 0 Å². The van der Waals surface area contributed by atoms with Crippen molar-refractivity contribution in [3.63, 3.8) is 0 Å². The van der Waals surface area contributed by atoms with E-state index in [1.54, 1.807) is 36.4 Å². The van der Waals surface area contributed by atoms with Crippen LogP contribution in [-0.2, 0) is 7.05 Å². The molecular weight excluding hydrogens is 292 g/mol. The van der Waals surface area contributed by atoms with Gasteiger partial charge in [0, 0.05) is 12.6 Å². The van der Waals surface area contributed by atoms with Crippen LogP contribution in [0.2, 0.25) is 0 Å². The molecule has 2 amide bonds. The van der Waals surface area contributed by atoms with Crippen LogP contribution in [-0.4, -0.2) is 21.4 Å². The molecule has 6 heteroatoms. The Morgan fingerprint density at radius 1 is 1.17 bits per heavy atom. The number of carbonyl (C=O) groups excluding carboxylic acids is 2. The Morgan fingerprint density at radius 2 is 1.91 bits per heavy atom. The average molecular weight is 308 g/mol. The topological polar surface area (TPSA) is 90.0 Å². The molecule has 6 nitrogen and oxygen atoms in total. The summed E-state index contributed by atoms with van der Waals surface area (Å²) in [6.07, 6.45) is 0. The molecule has 0 atom stereocenters. The van der Waals surface area contributed by atoms with Gasteiger partial charge in [0.2, 0.25) is 0 Å². The molecule has 1 heterocycles. The van der Waals surface area contributed by atoms with E-state index < -0.39 is 5.91 Å². The second-order valence-electron chi connectivity index (χ2n) is 5.29. The predicted molar refractivity (Wildman–Crippen MR) is 88.4 cm³/mol. The first-order valence-electron chi connectivity index (χ1n) is 7.10. The number of rotatable bonds is 3. The Hall–Kier alpha value is -3.15. The molecule has 0 aliphatic rings. The lowest BCUT2D eigenvalue weighted by atomic mass is 10.1. The average Bonchev–Trinajstić information content (AvgIpc) is 2.82. The van der Waals surface area contributed by atoms with Crippen LogP contribution in [0.4, 0.5) is 5.69 Å². The normalized spacial score (nSPS) is 10.7. The van der Waals surface area contributed by atoms with Crippen LogP contribution in [0.3, 0.4) is 0 Å². The van der Waals surface area contributed by atoms with E-state index in [0.29, 0.717) is 11.3 Å². The van der Waals surface area contributed by atoms with E-state index in [1.165, 1.54) is 0 Å². The number of aromatic nitrogens is 2. The summed E-state index contributed by atoms with van der Waals surface area (Å²) < 4.78 is 1.96. The molecule has 0 saturated carbocycles. The zero-order valence-electron chi connectivity index (χ0n) is 12.8. The molecule has 0 bridgehead atoms. The van der Waals surface area contributed by atoms with E-state index in [4.69, 9.17) is 5.73 Å². The lowest BCUT2D eigenvalue weighted by Crippen LogP contribution is -2.18. The number of fused-ring (bicyclic) bond motifs is 1. The summed E-state index contributed by atoms with van der Waals surface area (Å²) in [5.74, 6) is -0.0303. The lowest BCUT2D eigenvalue weighted by molar-refractivity contribution is 0.100. The Labute approximate surface area is 132 Å². The van der Waals surface area contributed by atoms with Crippen LogP contribution in [0, 0.1) is 6.92 Å². The van der Waals surface area contributed by atoms with Gasteiger partial charge in [0.1, 0.15) is 5.82 Å². The van der Waals surface area contributed by atoms with Gasteiger partial charge in [-0.2, -0.15) is 0 Å². The zero-order valence-corrected chi connectivity index (χ0v) is 12.8. The van der Waals surface area contributed by atoms with Crippen molar-refractivity contribution >= 4 is 28.5 Å². The fourth-order valence-corrected chi connectivity index (χ4v) is 2.46. The number of carbonyl (C=O) groups is 2. The summed E-state index contributed by atoms with van der Waals surface area (Å²) in [4.78, 5) is 28.3. The minimum atomic E-state index is -0.586. The Balaban J connectivity index is 1.94. The molecule has 3 rings (SSSR count). The first-order valence-corrected chi connectivity index (χ1v) is 7.10. The van der Waals surface area contributed by atoms with Gasteiger partial charge in [-0.3, -0.25) is 9.59 Å². The minimum absolute atomic E-state index is 0.274. The van der Waals surface area contributed by atoms with E-state index in [2.05, 4.69) is 10.3 Å². The van der Waals surface area contributed by atoms with Crippen molar-refractivity contribution in [2.45, 2.75) is 6.92 Å². The number of amides is 2. The summed E-state index contributed by atoms with van der Waals surface area (Å²) >= 11 is 0.